The zero-order valence-corrected chi connectivity index (χ0v) is 17.9. The topological polar surface area (TPSA) is 87.4 Å². The number of likely N-dealkylation sites (tertiary alicyclic amines) is 1. The maximum atomic E-state index is 11.6. The zero-order chi connectivity index (χ0) is 17.5. The van der Waals surface area contributed by atoms with E-state index in [-0.39, 0.29) is 29.9 Å². The van der Waals surface area contributed by atoms with E-state index in [1.165, 1.54) is 12.8 Å². The molecule has 0 atom stereocenters. The van der Waals surface area contributed by atoms with Crippen LogP contribution in [-0.4, -0.2) is 57.7 Å². The molecule has 0 saturated carbocycles. The monoisotopic (exact) mass is 475 g/mol. The van der Waals surface area contributed by atoms with Crippen LogP contribution in [0, 0.1) is 0 Å². The molecular formula is C17H30IN7O. The zero-order valence-electron chi connectivity index (χ0n) is 15.5. The van der Waals surface area contributed by atoms with E-state index in [0.717, 1.165) is 69.6 Å². The lowest BCUT2D eigenvalue weighted by Gasteiger charge is -2.17. The molecule has 0 bridgehead atoms. The van der Waals surface area contributed by atoms with Gasteiger partial charge in [0.2, 0.25) is 5.91 Å². The van der Waals surface area contributed by atoms with Crippen molar-refractivity contribution >= 4 is 35.8 Å². The predicted molar refractivity (Wildman–Crippen MR) is 112 cm³/mol. The first-order chi connectivity index (χ1) is 12.3. The Morgan fingerprint density at radius 1 is 1.15 bits per heavy atom. The largest absolute Gasteiger partial charge is 0.357 e. The van der Waals surface area contributed by atoms with Gasteiger partial charge in [-0.15, -0.1) is 34.2 Å². The van der Waals surface area contributed by atoms with Crippen molar-refractivity contribution in [1.82, 2.24) is 30.3 Å². The molecule has 1 fully saturated rings. The van der Waals surface area contributed by atoms with Crippen LogP contribution in [0.3, 0.4) is 0 Å². The van der Waals surface area contributed by atoms with E-state index in [0.29, 0.717) is 13.0 Å². The Balaban J connectivity index is 0.00000243. The van der Waals surface area contributed by atoms with Crippen molar-refractivity contribution in [1.29, 1.82) is 0 Å². The smallest absolute Gasteiger partial charge is 0.222 e. The fraction of sp³-hybridized carbons (Fsp3) is 0.765. The van der Waals surface area contributed by atoms with Gasteiger partial charge >= 0.3 is 0 Å². The molecule has 2 aliphatic rings. The maximum Gasteiger partial charge on any atom is 0.222 e. The third kappa shape index (κ3) is 5.55. The third-order valence-electron chi connectivity index (χ3n) is 4.73. The van der Waals surface area contributed by atoms with Gasteiger partial charge in [0.05, 0.1) is 0 Å². The van der Waals surface area contributed by atoms with Crippen molar-refractivity contribution in [3.05, 3.63) is 11.6 Å². The van der Waals surface area contributed by atoms with E-state index >= 15 is 0 Å². The van der Waals surface area contributed by atoms with Crippen molar-refractivity contribution in [2.24, 2.45) is 4.99 Å². The Hall–Kier alpha value is -1.39. The molecule has 8 nitrogen and oxygen atoms in total. The molecule has 0 radical (unpaired) electrons. The lowest BCUT2D eigenvalue weighted by molar-refractivity contribution is -0.127. The van der Waals surface area contributed by atoms with E-state index in [1.807, 2.05) is 4.90 Å². The Bertz CT molecular complexity index is 616. The fourth-order valence-corrected chi connectivity index (χ4v) is 3.39. The van der Waals surface area contributed by atoms with Crippen LogP contribution in [0.2, 0.25) is 0 Å². The minimum atomic E-state index is 0. The maximum absolute atomic E-state index is 11.6. The van der Waals surface area contributed by atoms with Gasteiger partial charge in [-0.2, -0.15) is 0 Å². The summed E-state index contributed by atoms with van der Waals surface area (Å²) in [6.07, 6.45) is 6.04. The fourth-order valence-electron chi connectivity index (χ4n) is 3.39. The summed E-state index contributed by atoms with van der Waals surface area (Å²) in [6, 6.07) is 0. The van der Waals surface area contributed by atoms with Gasteiger partial charge in [-0.25, -0.2) is 4.99 Å². The number of hydrogen-bond donors (Lipinski definition) is 2. The predicted octanol–water partition coefficient (Wildman–Crippen LogP) is 1.30. The molecule has 0 aliphatic carbocycles. The molecule has 1 aromatic heterocycles. The number of amides is 1. The van der Waals surface area contributed by atoms with Crippen molar-refractivity contribution in [2.75, 3.05) is 26.2 Å². The number of aromatic nitrogens is 3. The molecule has 0 unspecified atom stereocenters. The number of guanidine groups is 1. The second-order valence-electron chi connectivity index (χ2n) is 6.60. The van der Waals surface area contributed by atoms with Gasteiger partial charge in [0, 0.05) is 45.6 Å². The third-order valence-corrected chi connectivity index (χ3v) is 4.73. The molecule has 0 aromatic carbocycles. The first-order valence-electron chi connectivity index (χ1n) is 9.49. The summed E-state index contributed by atoms with van der Waals surface area (Å²) in [6.45, 7) is 6.93. The van der Waals surface area contributed by atoms with Crippen LogP contribution in [0.1, 0.15) is 50.7 Å². The normalized spacial score (nSPS) is 17.0. The number of fused-ring (bicyclic) bond motifs is 1. The van der Waals surface area contributed by atoms with Crippen molar-refractivity contribution in [3.8, 4) is 0 Å². The minimum Gasteiger partial charge on any atom is -0.357 e. The average molecular weight is 475 g/mol. The molecule has 146 valence electrons. The van der Waals surface area contributed by atoms with E-state index in [9.17, 15) is 4.79 Å². The van der Waals surface area contributed by atoms with Crippen molar-refractivity contribution < 1.29 is 4.79 Å². The number of halogens is 1. The second-order valence-corrected chi connectivity index (χ2v) is 6.60. The van der Waals surface area contributed by atoms with Crippen LogP contribution < -0.4 is 10.6 Å². The molecule has 1 saturated heterocycles. The van der Waals surface area contributed by atoms with Gasteiger partial charge in [0.15, 0.2) is 11.8 Å². The molecule has 9 heteroatoms. The van der Waals surface area contributed by atoms with Crippen molar-refractivity contribution in [2.45, 2.75) is 58.5 Å². The first kappa shape index (κ1) is 20.9. The lowest BCUT2D eigenvalue weighted by Crippen LogP contribution is -2.39. The summed E-state index contributed by atoms with van der Waals surface area (Å²) < 4.78 is 2.20. The quantitative estimate of drug-likeness (QED) is 0.269. The molecule has 26 heavy (non-hydrogen) atoms. The molecule has 0 spiro atoms. The number of rotatable bonds is 7. The summed E-state index contributed by atoms with van der Waals surface area (Å²) in [5, 5.41) is 15.2. The molecule has 1 aromatic rings. The van der Waals surface area contributed by atoms with E-state index < -0.39 is 0 Å². The Morgan fingerprint density at radius 3 is 2.81 bits per heavy atom. The number of hydrogen-bond acceptors (Lipinski definition) is 4. The van der Waals surface area contributed by atoms with Gasteiger partial charge in [-0.1, -0.05) is 0 Å². The number of carbonyl (C=O) groups is 1. The number of aliphatic imine (C=N–C) groups is 1. The van der Waals surface area contributed by atoms with E-state index in [1.54, 1.807) is 0 Å². The molecule has 2 aliphatic heterocycles. The molecule has 3 rings (SSSR count). The first-order valence-corrected chi connectivity index (χ1v) is 9.49. The highest BCUT2D eigenvalue weighted by Crippen LogP contribution is 2.14. The number of aryl methyl sites for hydroxylation is 1. The summed E-state index contributed by atoms with van der Waals surface area (Å²) in [5.41, 5.74) is 0. The number of nitrogens with zero attached hydrogens (tertiary/aromatic N) is 5. The van der Waals surface area contributed by atoms with Gasteiger partial charge in [-0.05, 0) is 32.6 Å². The Morgan fingerprint density at radius 2 is 2.04 bits per heavy atom. The summed E-state index contributed by atoms with van der Waals surface area (Å²) in [4.78, 5) is 18.2. The van der Waals surface area contributed by atoms with Gasteiger partial charge in [0.25, 0.3) is 0 Å². The van der Waals surface area contributed by atoms with Gasteiger partial charge in [-0.3, -0.25) is 4.79 Å². The van der Waals surface area contributed by atoms with Crippen LogP contribution in [0.15, 0.2) is 4.99 Å². The van der Waals surface area contributed by atoms with Crippen LogP contribution in [-0.2, 0) is 24.3 Å². The van der Waals surface area contributed by atoms with Crippen molar-refractivity contribution in [3.63, 3.8) is 0 Å². The van der Waals surface area contributed by atoms with Gasteiger partial charge in [0.1, 0.15) is 12.4 Å². The van der Waals surface area contributed by atoms with E-state index in [2.05, 4.69) is 37.3 Å². The number of carbonyl (C=O) groups excluding carboxylic acids is 1. The minimum absolute atomic E-state index is 0. The Labute approximate surface area is 172 Å². The van der Waals surface area contributed by atoms with Crippen LogP contribution >= 0.6 is 24.0 Å². The highest BCUT2D eigenvalue weighted by Gasteiger charge is 2.19. The highest BCUT2D eigenvalue weighted by atomic mass is 127. The molecule has 1 amide bonds. The SMILES string of the molecule is CCNC(=NCc1nnc2n1CCCC2)NCCCN1CCCC1=O.I. The van der Waals surface area contributed by atoms with Crippen LogP contribution in [0.5, 0.6) is 0 Å². The Kier molecular flexibility index (Phi) is 8.60. The standard InChI is InChI=1S/C17H29N7O.HI/c1-2-18-17(19-9-6-11-23-10-5-8-16(23)25)20-13-15-22-21-14-7-3-4-12-24(14)15;/h2-13H2,1H3,(H2,18,19,20);1H. The summed E-state index contributed by atoms with van der Waals surface area (Å²) in [7, 11) is 0. The van der Waals surface area contributed by atoms with E-state index in [4.69, 9.17) is 0 Å². The number of nitrogens with one attached hydrogen (secondary N) is 2. The molecule has 2 N–H and O–H groups in total. The van der Waals surface area contributed by atoms with Crippen LogP contribution in [0.25, 0.3) is 0 Å². The average Bonchev–Trinajstić information content (AvgIpc) is 3.22. The second kappa shape index (κ2) is 10.7. The van der Waals surface area contributed by atoms with Gasteiger partial charge < -0.3 is 20.1 Å². The molecular weight excluding hydrogens is 445 g/mol. The highest BCUT2D eigenvalue weighted by molar-refractivity contribution is 14.0. The summed E-state index contributed by atoms with van der Waals surface area (Å²) in [5.74, 6) is 3.11. The van der Waals surface area contributed by atoms with Crippen LogP contribution in [0.4, 0.5) is 0 Å². The lowest BCUT2D eigenvalue weighted by atomic mass is 10.2. The summed E-state index contributed by atoms with van der Waals surface area (Å²) >= 11 is 0. The molecule has 3 heterocycles.